The first-order valence-corrected chi connectivity index (χ1v) is 24.8. The predicted molar refractivity (Wildman–Crippen MR) is 263 cm³/mol. The summed E-state index contributed by atoms with van der Waals surface area (Å²) >= 11 is 0. The van der Waals surface area contributed by atoms with Crippen molar-refractivity contribution in [1.82, 2.24) is 0 Å². The van der Waals surface area contributed by atoms with Crippen LogP contribution in [0.25, 0.3) is 0 Å². The second-order valence-corrected chi connectivity index (χ2v) is 17.3. The second-order valence-electron chi connectivity index (χ2n) is 17.3. The van der Waals surface area contributed by atoms with E-state index in [4.69, 9.17) is 14.2 Å². The molecule has 0 amide bonds. The third kappa shape index (κ3) is 43.3. The van der Waals surface area contributed by atoms with Gasteiger partial charge in [0, 0.05) is 19.3 Å². The number of hydrogen-bond donors (Lipinski definition) is 0. The number of carboxylic acid groups (broad SMARTS) is 1. The molecule has 8 heteroatoms. The van der Waals surface area contributed by atoms with Gasteiger partial charge >= 0.3 is 11.9 Å². The van der Waals surface area contributed by atoms with Gasteiger partial charge < -0.3 is 28.6 Å². The Bertz CT molecular complexity index is 1350. The molecule has 63 heavy (non-hydrogen) atoms. The van der Waals surface area contributed by atoms with Crippen molar-refractivity contribution in [2.75, 3.05) is 41.0 Å². The van der Waals surface area contributed by atoms with Crippen LogP contribution in [-0.2, 0) is 28.6 Å². The van der Waals surface area contributed by atoms with Crippen molar-refractivity contribution in [2.45, 2.75) is 193 Å². The quantitative estimate of drug-likeness (QED) is 0.0260. The predicted octanol–water partition coefficient (Wildman–Crippen LogP) is 12.9. The van der Waals surface area contributed by atoms with Crippen molar-refractivity contribution >= 4 is 17.9 Å². The fourth-order valence-corrected chi connectivity index (χ4v) is 6.70. The molecule has 2 atom stereocenters. The van der Waals surface area contributed by atoms with E-state index in [0.29, 0.717) is 12.8 Å². The fourth-order valence-electron chi connectivity index (χ4n) is 6.70. The normalized spacial score (nSPS) is 13.7. The van der Waals surface area contributed by atoms with E-state index in [2.05, 4.69) is 111 Å². The Morgan fingerprint density at radius 3 is 1.25 bits per heavy atom. The van der Waals surface area contributed by atoms with E-state index in [1.165, 1.54) is 51.4 Å². The Morgan fingerprint density at radius 1 is 0.476 bits per heavy atom. The molecule has 0 radical (unpaired) electrons. The van der Waals surface area contributed by atoms with Gasteiger partial charge in [0.05, 0.1) is 40.3 Å². The summed E-state index contributed by atoms with van der Waals surface area (Å²) < 4.78 is 17.2. The molecule has 0 aliphatic carbocycles. The van der Waals surface area contributed by atoms with Crippen LogP contribution in [0.5, 0.6) is 0 Å². The van der Waals surface area contributed by atoms with Gasteiger partial charge in [-0.25, -0.2) is 0 Å². The lowest BCUT2D eigenvalue weighted by atomic mass is 10.1. The highest BCUT2D eigenvalue weighted by Crippen LogP contribution is 2.14. The number of carbonyl (C=O) groups is 3. The Kier molecular flexibility index (Phi) is 42.2. The van der Waals surface area contributed by atoms with Gasteiger partial charge in [0.1, 0.15) is 12.6 Å². The maximum atomic E-state index is 12.8. The zero-order valence-electron chi connectivity index (χ0n) is 40.7. The summed E-state index contributed by atoms with van der Waals surface area (Å²) in [5.41, 5.74) is 0. The SMILES string of the molecule is CC/C=C/C/C=C/C/C=C/C/C=C/C/C=C/CCCCCC(=O)OC(COCCC(C(=O)[O-])[N+](C)(C)C)COC(=O)CCCCCCCCCCCC/C=C/C/C=C/C/C=C/CC. The number of unbranched alkanes of at least 4 members (excludes halogenated alkanes) is 13. The summed E-state index contributed by atoms with van der Waals surface area (Å²) in [6, 6.07) is -0.739. The van der Waals surface area contributed by atoms with Crippen LogP contribution >= 0.6 is 0 Å². The summed E-state index contributed by atoms with van der Waals surface area (Å²) in [5.74, 6) is -1.79. The highest BCUT2D eigenvalue weighted by atomic mass is 16.6. The minimum atomic E-state index is -1.13. The molecule has 0 aromatic carbocycles. The van der Waals surface area contributed by atoms with E-state index in [1.807, 2.05) is 0 Å². The van der Waals surface area contributed by atoms with Crippen LogP contribution in [0.3, 0.4) is 0 Å². The molecule has 0 saturated heterocycles. The van der Waals surface area contributed by atoms with Crippen molar-refractivity contribution < 1.29 is 38.2 Å². The van der Waals surface area contributed by atoms with Crippen molar-refractivity contribution in [2.24, 2.45) is 0 Å². The molecule has 0 aliphatic rings. The zero-order chi connectivity index (χ0) is 46.3. The first-order valence-electron chi connectivity index (χ1n) is 24.8. The van der Waals surface area contributed by atoms with Crippen molar-refractivity contribution in [3.05, 3.63) is 97.2 Å². The van der Waals surface area contributed by atoms with Gasteiger partial charge in [-0.15, -0.1) is 0 Å². The van der Waals surface area contributed by atoms with E-state index in [1.54, 1.807) is 21.1 Å². The van der Waals surface area contributed by atoms with Crippen LogP contribution in [0, 0.1) is 0 Å². The van der Waals surface area contributed by atoms with Crippen molar-refractivity contribution in [1.29, 1.82) is 0 Å². The summed E-state index contributed by atoms with van der Waals surface area (Å²) in [5, 5.41) is 11.7. The number of hydrogen-bond acceptors (Lipinski definition) is 7. The standard InChI is InChI=1S/C55H91NO7/c1-6-8-10-12-14-16-18-20-22-24-26-28-29-31-33-35-37-39-41-43-45-53(57)62-50-51(49-61-48-47-52(55(59)60)56(3,4)5)63-54(58)46-44-42-40-38-36-34-32-30-27-25-23-21-19-17-15-13-11-9-7-2/h8-11,14-17,20-23,27,30,34,36,51-52H,6-7,12-13,18-19,24-26,28-29,31-33,35,37-50H2,1-5H3/b10-8+,11-9+,16-14+,17-15+,22-20+,23-21+,30-27+,36-34+. The topological polar surface area (TPSA) is 102 Å². The number of allylic oxidation sites excluding steroid dienone is 16. The van der Waals surface area contributed by atoms with Gasteiger partial charge in [-0.05, 0) is 89.9 Å². The molecule has 0 aromatic heterocycles. The smallest absolute Gasteiger partial charge is 0.306 e. The van der Waals surface area contributed by atoms with Crippen LogP contribution in [0.15, 0.2) is 97.2 Å². The first kappa shape index (κ1) is 59.2. The van der Waals surface area contributed by atoms with Gasteiger partial charge in [-0.2, -0.15) is 0 Å². The maximum Gasteiger partial charge on any atom is 0.306 e. The first-order chi connectivity index (χ1) is 30.6. The van der Waals surface area contributed by atoms with Gasteiger partial charge in [0.15, 0.2) is 6.10 Å². The monoisotopic (exact) mass is 878 g/mol. The van der Waals surface area contributed by atoms with Crippen molar-refractivity contribution in [3.63, 3.8) is 0 Å². The van der Waals surface area contributed by atoms with Crippen LogP contribution in [0.4, 0.5) is 0 Å². The van der Waals surface area contributed by atoms with Crippen LogP contribution in [0.2, 0.25) is 0 Å². The van der Waals surface area contributed by atoms with Gasteiger partial charge in [0.25, 0.3) is 0 Å². The maximum absolute atomic E-state index is 12.8. The van der Waals surface area contributed by atoms with Gasteiger partial charge in [-0.1, -0.05) is 169 Å². The fraction of sp³-hybridized carbons (Fsp3) is 0.655. The molecule has 0 rings (SSSR count). The number of quaternary nitrogens is 1. The summed E-state index contributed by atoms with van der Waals surface area (Å²) in [7, 11) is 5.39. The third-order valence-corrected chi connectivity index (χ3v) is 10.5. The third-order valence-electron chi connectivity index (χ3n) is 10.5. The molecule has 0 aromatic rings. The molecule has 0 aliphatic heterocycles. The number of aliphatic carboxylic acids is 1. The Balaban J connectivity index is 4.35. The summed E-state index contributed by atoms with van der Waals surface area (Å²) in [6.45, 7) is 4.39. The largest absolute Gasteiger partial charge is 0.544 e. The molecule has 0 saturated carbocycles. The number of esters is 2. The number of rotatable bonds is 43. The van der Waals surface area contributed by atoms with Gasteiger partial charge in [0.2, 0.25) is 0 Å². The van der Waals surface area contributed by atoms with Gasteiger partial charge in [-0.3, -0.25) is 9.59 Å². The average Bonchev–Trinajstić information content (AvgIpc) is 3.24. The van der Waals surface area contributed by atoms with E-state index < -0.39 is 18.1 Å². The second kappa shape index (κ2) is 44.8. The van der Waals surface area contributed by atoms with E-state index in [-0.39, 0.29) is 49.1 Å². The molecule has 0 N–H and O–H groups in total. The number of likely N-dealkylation sites (N-methyl/N-ethyl adjacent to an activating group) is 1. The molecule has 358 valence electrons. The lowest BCUT2D eigenvalue weighted by Crippen LogP contribution is -2.55. The van der Waals surface area contributed by atoms with Crippen LogP contribution < -0.4 is 5.11 Å². The molecule has 8 nitrogen and oxygen atoms in total. The molecular weight excluding hydrogens is 787 g/mol. The van der Waals surface area contributed by atoms with E-state index in [9.17, 15) is 19.5 Å². The summed E-state index contributed by atoms with van der Waals surface area (Å²) in [6.07, 6.45) is 60.1. The molecule has 0 fully saturated rings. The Labute approximate surface area is 386 Å². The molecular formula is C55H91NO7. The van der Waals surface area contributed by atoms with Crippen LogP contribution in [-0.4, -0.2) is 75.5 Å². The molecule has 0 heterocycles. The average molecular weight is 878 g/mol. The number of ether oxygens (including phenoxy) is 3. The van der Waals surface area contributed by atoms with E-state index in [0.717, 1.165) is 89.9 Å². The van der Waals surface area contributed by atoms with Crippen molar-refractivity contribution in [3.8, 4) is 0 Å². The molecule has 0 spiro atoms. The van der Waals surface area contributed by atoms with E-state index >= 15 is 0 Å². The zero-order valence-corrected chi connectivity index (χ0v) is 40.7. The lowest BCUT2D eigenvalue weighted by Gasteiger charge is -2.34. The minimum absolute atomic E-state index is 0.0203. The Hall–Kier alpha value is -3.75. The lowest BCUT2D eigenvalue weighted by molar-refractivity contribution is -0.889. The number of nitrogens with zero attached hydrogens (tertiary/aromatic N) is 1. The highest BCUT2D eigenvalue weighted by Gasteiger charge is 2.25. The number of carbonyl (C=O) groups excluding carboxylic acids is 3. The van der Waals surface area contributed by atoms with Crippen LogP contribution in [0.1, 0.15) is 181 Å². The summed E-state index contributed by atoms with van der Waals surface area (Å²) in [4.78, 5) is 37.0. The highest BCUT2D eigenvalue weighted by molar-refractivity contribution is 5.70. The number of carboxylic acids is 1. The molecule has 0 bridgehead atoms. The molecule has 2 unspecified atom stereocenters. The Morgan fingerprint density at radius 2 is 0.841 bits per heavy atom. The minimum Gasteiger partial charge on any atom is -0.544 e.